The molecule has 2 saturated heterocycles. The molecule has 3 heterocycles. The van der Waals surface area contributed by atoms with Crippen LogP contribution in [0.4, 0.5) is 0 Å². The summed E-state index contributed by atoms with van der Waals surface area (Å²) >= 11 is 0. The van der Waals surface area contributed by atoms with E-state index >= 15 is 0 Å². The van der Waals surface area contributed by atoms with E-state index in [1.165, 1.54) is 0 Å². The van der Waals surface area contributed by atoms with Gasteiger partial charge in [-0.05, 0) is 37.5 Å². The molecule has 168 valence electrons. The number of ether oxygens (including phenoxy) is 3. The van der Waals surface area contributed by atoms with Crippen LogP contribution in [0.2, 0.25) is 0 Å². The molecular formula is C22H29N3O6. The number of likely N-dealkylation sites (tertiary alicyclic amines) is 1. The topological polar surface area (TPSA) is 106 Å². The Morgan fingerprint density at radius 1 is 1.35 bits per heavy atom. The van der Waals surface area contributed by atoms with Crippen LogP contribution in [-0.4, -0.2) is 74.2 Å². The highest BCUT2D eigenvalue weighted by Gasteiger charge is 2.40. The lowest BCUT2D eigenvalue weighted by Gasteiger charge is -2.32. The first-order valence-corrected chi connectivity index (χ1v) is 10.8. The van der Waals surface area contributed by atoms with Gasteiger partial charge in [0.05, 0.1) is 31.9 Å². The third-order valence-corrected chi connectivity index (χ3v) is 6.20. The van der Waals surface area contributed by atoms with Crippen LogP contribution in [-0.2, 0) is 14.3 Å². The van der Waals surface area contributed by atoms with E-state index in [1.54, 1.807) is 30.2 Å². The molecular weight excluding hydrogens is 402 g/mol. The molecule has 2 atom stereocenters. The highest BCUT2D eigenvalue weighted by molar-refractivity contribution is 5.97. The lowest BCUT2D eigenvalue weighted by molar-refractivity contribution is -0.135. The first-order chi connectivity index (χ1) is 15.0. The number of amides is 3. The summed E-state index contributed by atoms with van der Waals surface area (Å²) in [4.78, 5) is 39.2. The molecule has 2 fully saturated rings. The van der Waals surface area contributed by atoms with E-state index in [1.807, 2.05) is 0 Å². The summed E-state index contributed by atoms with van der Waals surface area (Å²) in [5.41, 5.74) is -0.286. The summed E-state index contributed by atoms with van der Waals surface area (Å²) in [5, 5.41) is 5.79. The average Bonchev–Trinajstić information content (AvgIpc) is 3.20. The standard InChI is InChI=1S/C22H29N3O6/c1-29-15-4-5-18-17(11-15)21(28)24-14-22(31-18)7-6-20(27)25(9-8-22)13-19(26)23-12-16-3-2-10-30-16/h4-5,11,16H,2-3,6-10,12-14H2,1H3,(H,23,26)(H,24,28). The molecule has 3 amide bonds. The summed E-state index contributed by atoms with van der Waals surface area (Å²) in [6.45, 7) is 1.91. The molecule has 9 heteroatoms. The van der Waals surface area contributed by atoms with Gasteiger partial charge in [-0.1, -0.05) is 0 Å². The van der Waals surface area contributed by atoms with E-state index in [2.05, 4.69) is 10.6 Å². The molecule has 0 radical (unpaired) electrons. The van der Waals surface area contributed by atoms with Crippen LogP contribution < -0.4 is 20.1 Å². The van der Waals surface area contributed by atoms with E-state index in [9.17, 15) is 14.4 Å². The Morgan fingerprint density at radius 2 is 2.23 bits per heavy atom. The fourth-order valence-electron chi connectivity index (χ4n) is 4.30. The van der Waals surface area contributed by atoms with Gasteiger partial charge in [0, 0.05) is 32.5 Å². The molecule has 31 heavy (non-hydrogen) atoms. The molecule has 0 aromatic heterocycles. The fraction of sp³-hybridized carbons (Fsp3) is 0.591. The van der Waals surface area contributed by atoms with Gasteiger partial charge in [0.25, 0.3) is 5.91 Å². The second kappa shape index (κ2) is 9.13. The molecule has 0 saturated carbocycles. The van der Waals surface area contributed by atoms with Gasteiger partial charge in [0.1, 0.15) is 17.1 Å². The third-order valence-electron chi connectivity index (χ3n) is 6.20. The normalized spacial score (nSPS) is 25.8. The first-order valence-electron chi connectivity index (χ1n) is 10.8. The molecule has 3 aliphatic heterocycles. The fourth-order valence-corrected chi connectivity index (χ4v) is 4.30. The number of carbonyl (C=O) groups excluding carboxylic acids is 3. The van der Waals surface area contributed by atoms with Crippen molar-refractivity contribution in [2.24, 2.45) is 0 Å². The van der Waals surface area contributed by atoms with Crippen molar-refractivity contribution in [3.05, 3.63) is 23.8 Å². The number of carbonyl (C=O) groups is 3. The second-order valence-electron chi connectivity index (χ2n) is 8.33. The molecule has 2 N–H and O–H groups in total. The SMILES string of the molecule is COc1ccc2c(c1)C(=O)NCC1(CCC(=O)N(CC(=O)NCC3CCCO3)CC1)O2. The maximum absolute atomic E-state index is 12.7. The van der Waals surface area contributed by atoms with Crippen molar-refractivity contribution in [1.82, 2.24) is 15.5 Å². The van der Waals surface area contributed by atoms with Crippen LogP contribution in [0.25, 0.3) is 0 Å². The maximum Gasteiger partial charge on any atom is 0.255 e. The van der Waals surface area contributed by atoms with Gasteiger partial charge in [0.15, 0.2) is 0 Å². The van der Waals surface area contributed by atoms with Gasteiger partial charge in [-0.3, -0.25) is 14.4 Å². The number of benzene rings is 1. The Labute approximate surface area is 181 Å². The van der Waals surface area contributed by atoms with E-state index in [0.29, 0.717) is 49.5 Å². The Bertz CT molecular complexity index is 854. The smallest absolute Gasteiger partial charge is 0.255 e. The van der Waals surface area contributed by atoms with Crippen molar-refractivity contribution in [1.29, 1.82) is 0 Å². The molecule has 0 aliphatic carbocycles. The van der Waals surface area contributed by atoms with Gasteiger partial charge >= 0.3 is 0 Å². The maximum atomic E-state index is 12.7. The van der Waals surface area contributed by atoms with Gasteiger partial charge in [-0.2, -0.15) is 0 Å². The lowest BCUT2D eigenvalue weighted by atomic mass is 9.94. The zero-order valence-corrected chi connectivity index (χ0v) is 17.8. The van der Waals surface area contributed by atoms with Crippen molar-refractivity contribution in [2.45, 2.75) is 43.8 Å². The number of hydrogen-bond donors (Lipinski definition) is 2. The number of rotatable bonds is 5. The Morgan fingerprint density at radius 3 is 3.00 bits per heavy atom. The van der Waals surface area contributed by atoms with Crippen LogP contribution in [0.1, 0.15) is 42.5 Å². The molecule has 9 nitrogen and oxygen atoms in total. The summed E-state index contributed by atoms with van der Waals surface area (Å²) in [5.74, 6) is 0.549. The number of fused-ring (bicyclic) bond motifs is 1. The molecule has 4 rings (SSSR count). The van der Waals surface area contributed by atoms with Crippen LogP contribution in [0.5, 0.6) is 11.5 Å². The molecule has 1 aromatic carbocycles. The van der Waals surface area contributed by atoms with Crippen LogP contribution in [0, 0.1) is 0 Å². The van der Waals surface area contributed by atoms with Crippen LogP contribution >= 0.6 is 0 Å². The summed E-state index contributed by atoms with van der Waals surface area (Å²) in [6.07, 6.45) is 3.26. The number of nitrogens with zero attached hydrogens (tertiary/aromatic N) is 1. The van der Waals surface area contributed by atoms with Gasteiger partial charge in [0.2, 0.25) is 11.8 Å². The molecule has 2 unspecified atom stereocenters. The molecule has 3 aliphatic rings. The minimum atomic E-state index is -0.700. The van der Waals surface area contributed by atoms with E-state index in [-0.39, 0.29) is 36.8 Å². The second-order valence-corrected chi connectivity index (χ2v) is 8.33. The summed E-state index contributed by atoms with van der Waals surface area (Å²) in [6, 6.07) is 5.12. The highest BCUT2D eigenvalue weighted by atomic mass is 16.5. The lowest BCUT2D eigenvalue weighted by Crippen LogP contribution is -2.46. The quantitative estimate of drug-likeness (QED) is 0.717. The van der Waals surface area contributed by atoms with Gasteiger partial charge < -0.3 is 29.7 Å². The molecule has 0 bridgehead atoms. The predicted octanol–water partition coefficient (Wildman–Crippen LogP) is 0.864. The van der Waals surface area contributed by atoms with Crippen LogP contribution in [0.15, 0.2) is 18.2 Å². The number of hydrogen-bond acceptors (Lipinski definition) is 6. The third kappa shape index (κ3) is 4.92. The minimum Gasteiger partial charge on any atom is -0.497 e. The highest BCUT2D eigenvalue weighted by Crippen LogP contribution is 2.34. The molecule has 1 spiro atoms. The van der Waals surface area contributed by atoms with Gasteiger partial charge in [-0.25, -0.2) is 0 Å². The number of nitrogens with one attached hydrogen (secondary N) is 2. The van der Waals surface area contributed by atoms with Crippen LogP contribution in [0.3, 0.4) is 0 Å². The van der Waals surface area contributed by atoms with Crippen molar-refractivity contribution < 1.29 is 28.6 Å². The average molecular weight is 431 g/mol. The van der Waals surface area contributed by atoms with Crippen molar-refractivity contribution in [3.63, 3.8) is 0 Å². The Balaban J connectivity index is 1.40. The van der Waals surface area contributed by atoms with Crippen molar-refractivity contribution in [2.75, 3.05) is 39.9 Å². The zero-order chi connectivity index (χ0) is 21.8. The summed E-state index contributed by atoms with van der Waals surface area (Å²) in [7, 11) is 1.54. The first kappa shape index (κ1) is 21.4. The van der Waals surface area contributed by atoms with E-state index < -0.39 is 5.60 Å². The van der Waals surface area contributed by atoms with Crippen molar-refractivity contribution >= 4 is 17.7 Å². The van der Waals surface area contributed by atoms with E-state index in [4.69, 9.17) is 14.2 Å². The zero-order valence-electron chi connectivity index (χ0n) is 17.8. The summed E-state index contributed by atoms with van der Waals surface area (Å²) < 4.78 is 17.0. The van der Waals surface area contributed by atoms with Gasteiger partial charge in [-0.15, -0.1) is 0 Å². The minimum absolute atomic E-state index is 0.0157. The Hall–Kier alpha value is -2.81. The Kier molecular flexibility index (Phi) is 6.31. The van der Waals surface area contributed by atoms with Crippen molar-refractivity contribution in [3.8, 4) is 11.5 Å². The number of methoxy groups -OCH3 is 1. The molecule has 1 aromatic rings. The largest absolute Gasteiger partial charge is 0.497 e. The predicted molar refractivity (Wildman–Crippen MR) is 111 cm³/mol. The van der Waals surface area contributed by atoms with E-state index in [0.717, 1.165) is 19.4 Å². The monoisotopic (exact) mass is 431 g/mol.